The Labute approximate surface area is 146 Å². The predicted molar refractivity (Wildman–Crippen MR) is 94.8 cm³/mol. The van der Waals surface area contributed by atoms with E-state index >= 15 is 0 Å². The lowest BCUT2D eigenvalue weighted by molar-refractivity contribution is -0.123. The summed E-state index contributed by atoms with van der Waals surface area (Å²) in [4.78, 5) is 19.8. The minimum absolute atomic E-state index is 0. The van der Waals surface area contributed by atoms with Gasteiger partial charge in [0.05, 0.1) is 13.1 Å². The second-order valence-corrected chi connectivity index (χ2v) is 6.37. The molecule has 3 rings (SSSR count). The summed E-state index contributed by atoms with van der Waals surface area (Å²) in [5, 5.41) is 8.41. The number of rotatable bonds is 5. The topological polar surface area (TPSA) is 57.3 Å². The fourth-order valence-corrected chi connectivity index (χ4v) is 3.32. The van der Waals surface area contributed by atoms with Gasteiger partial charge in [-0.1, -0.05) is 12.1 Å². The van der Waals surface area contributed by atoms with Crippen LogP contribution in [0.2, 0.25) is 0 Å². The quantitative estimate of drug-likeness (QED) is 0.862. The van der Waals surface area contributed by atoms with Crippen LogP contribution < -0.4 is 10.6 Å². The molecule has 23 heavy (non-hydrogen) atoms. The molecule has 7 heteroatoms. The second kappa shape index (κ2) is 8.98. The lowest BCUT2D eigenvalue weighted by atomic mass is 10.1. The van der Waals surface area contributed by atoms with Crippen LogP contribution in [0, 0.1) is 0 Å². The highest BCUT2D eigenvalue weighted by atomic mass is 35.5. The number of aromatic nitrogens is 1. The van der Waals surface area contributed by atoms with Crippen molar-refractivity contribution in [3.05, 3.63) is 52.5 Å². The molecule has 0 saturated carbocycles. The third-order valence-electron chi connectivity index (χ3n) is 3.81. The molecule has 1 aliphatic rings. The van der Waals surface area contributed by atoms with E-state index in [1.165, 1.54) is 4.88 Å². The maximum Gasteiger partial charge on any atom is 0.234 e. The van der Waals surface area contributed by atoms with Crippen LogP contribution in [0.5, 0.6) is 0 Å². The van der Waals surface area contributed by atoms with Crippen molar-refractivity contribution in [1.29, 1.82) is 0 Å². The first-order chi connectivity index (χ1) is 10.8. The van der Waals surface area contributed by atoms with Crippen LogP contribution in [-0.2, 0) is 11.3 Å². The summed E-state index contributed by atoms with van der Waals surface area (Å²) in [6.07, 6.45) is 3.66. The standard InChI is InChI=1S/C16H20N4OS.ClH/c21-16(19-10-14-4-2-8-22-14)12-20-7-6-18-11-15(20)13-3-1-5-17-9-13;/h1-5,8-9,15,18H,6-7,10-12H2,(H,19,21);1H. The molecular formula is C16H21ClN4OS. The van der Waals surface area contributed by atoms with E-state index in [-0.39, 0.29) is 24.4 Å². The Morgan fingerprint density at radius 3 is 3.09 bits per heavy atom. The molecule has 0 bridgehead atoms. The van der Waals surface area contributed by atoms with Gasteiger partial charge in [0.15, 0.2) is 0 Å². The summed E-state index contributed by atoms with van der Waals surface area (Å²) in [5.41, 5.74) is 1.15. The molecule has 0 spiro atoms. The van der Waals surface area contributed by atoms with Gasteiger partial charge in [-0.3, -0.25) is 14.7 Å². The van der Waals surface area contributed by atoms with Crippen molar-refractivity contribution in [3.8, 4) is 0 Å². The van der Waals surface area contributed by atoms with Crippen molar-refractivity contribution >= 4 is 29.7 Å². The minimum atomic E-state index is 0. The normalized spacial score (nSPS) is 18.2. The molecule has 1 atom stereocenters. The number of carbonyl (C=O) groups is 1. The van der Waals surface area contributed by atoms with E-state index in [0.29, 0.717) is 13.1 Å². The summed E-state index contributed by atoms with van der Waals surface area (Å²) in [5.74, 6) is 0.0733. The molecule has 1 aliphatic heterocycles. The monoisotopic (exact) mass is 352 g/mol. The predicted octanol–water partition coefficient (Wildman–Crippen LogP) is 1.83. The van der Waals surface area contributed by atoms with E-state index in [4.69, 9.17) is 0 Å². The third-order valence-corrected chi connectivity index (χ3v) is 4.69. The number of piperazine rings is 1. The summed E-state index contributed by atoms with van der Waals surface area (Å²) >= 11 is 1.66. The molecule has 1 amide bonds. The Morgan fingerprint density at radius 1 is 1.43 bits per heavy atom. The summed E-state index contributed by atoms with van der Waals surface area (Å²) in [6.45, 7) is 3.66. The molecule has 0 aliphatic carbocycles. The number of thiophene rings is 1. The zero-order valence-corrected chi connectivity index (χ0v) is 14.4. The first-order valence-corrected chi connectivity index (χ1v) is 8.34. The van der Waals surface area contributed by atoms with Crippen LogP contribution in [0.15, 0.2) is 42.0 Å². The van der Waals surface area contributed by atoms with Crippen LogP contribution in [0.1, 0.15) is 16.5 Å². The van der Waals surface area contributed by atoms with Crippen molar-refractivity contribution in [2.45, 2.75) is 12.6 Å². The smallest absolute Gasteiger partial charge is 0.234 e. The summed E-state index contributed by atoms with van der Waals surface area (Å²) < 4.78 is 0. The van der Waals surface area contributed by atoms with E-state index in [0.717, 1.165) is 25.2 Å². The van der Waals surface area contributed by atoms with Gasteiger partial charge in [-0.05, 0) is 23.1 Å². The molecule has 0 aromatic carbocycles. The van der Waals surface area contributed by atoms with Crippen LogP contribution in [0.3, 0.4) is 0 Å². The SMILES string of the molecule is Cl.O=C(CN1CCNCC1c1cccnc1)NCc1cccs1. The molecule has 5 nitrogen and oxygen atoms in total. The molecule has 0 radical (unpaired) electrons. The Balaban J connectivity index is 0.00000192. The van der Waals surface area contributed by atoms with Crippen molar-refractivity contribution < 1.29 is 4.79 Å². The molecule has 1 fully saturated rings. The van der Waals surface area contributed by atoms with Gasteiger partial charge in [0.1, 0.15) is 0 Å². The van der Waals surface area contributed by atoms with E-state index in [2.05, 4.69) is 26.6 Å². The van der Waals surface area contributed by atoms with Gasteiger partial charge in [-0.2, -0.15) is 0 Å². The van der Waals surface area contributed by atoms with Gasteiger partial charge in [0, 0.05) is 42.9 Å². The lowest BCUT2D eigenvalue weighted by Crippen LogP contribution is -2.49. The van der Waals surface area contributed by atoms with Gasteiger partial charge in [-0.15, -0.1) is 23.7 Å². The molecule has 3 heterocycles. The number of nitrogens with one attached hydrogen (secondary N) is 2. The Hall–Kier alpha value is -1.47. The molecule has 2 aromatic heterocycles. The number of pyridine rings is 1. The second-order valence-electron chi connectivity index (χ2n) is 5.33. The molecule has 1 saturated heterocycles. The summed E-state index contributed by atoms with van der Waals surface area (Å²) in [7, 11) is 0. The van der Waals surface area contributed by atoms with Crippen molar-refractivity contribution in [2.75, 3.05) is 26.2 Å². The van der Waals surface area contributed by atoms with E-state index < -0.39 is 0 Å². The number of halogens is 1. The van der Waals surface area contributed by atoms with Crippen molar-refractivity contribution in [1.82, 2.24) is 20.5 Å². The Kier molecular flexibility index (Phi) is 6.98. The Morgan fingerprint density at radius 2 is 2.35 bits per heavy atom. The highest BCUT2D eigenvalue weighted by molar-refractivity contribution is 7.09. The average Bonchev–Trinajstić information content (AvgIpc) is 3.08. The largest absolute Gasteiger partial charge is 0.350 e. The maximum absolute atomic E-state index is 12.2. The first-order valence-electron chi connectivity index (χ1n) is 7.47. The van der Waals surface area contributed by atoms with Gasteiger partial charge >= 0.3 is 0 Å². The van der Waals surface area contributed by atoms with Crippen LogP contribution >= 0.6 is 23.7 Å². The summed E-state index contributed by atoms with van der Waals surface area (Å²) in [6, 6.07) is 8.25. The van der Waals surface area contributed by atoms with Crippen molar-refractivity contribution in [3.63, 3.8) is 0 Å². The van der Waals surface area contributed by atoms with E-state index in [1.54, 1.807) is 17.5 Å². The molecule has 124 valence electrons. The number of hydrogen-bond acceptors (Lipinski definition) is 5. The third kappa shape index (κ3) is 5.00. The number of hydrogen-bond donors (Lipinski definition) is 2. The molecule has 1 unspecified atom stereocenters. The van der Waals surface area contributed by atoms with E-state index in [9.17, 15) is 4.79 Å². The highest BCUT2D eigenvalue weighted by Crippen LogP contribution is 2.20. The number of amides is 1. The van der Waals surface area contributed by atoms with Gasteiger partial charge in [0.2, 0.25) is 5.91 Å². The minimum Gasteiger partial charge on any atom is -0.350 e. The fraction of sp³-hybridized carbons (Fsp3) is 0.375. The van der Waals surface area contributed by atoms with Crippen LogP contribution in [-0.4, -0.2) is 42.0 Å². The number of carbonyl (C=O) groups excluding carboxylic acids is 1. The lowest BCUT2D eigenvalue weighted by Gasteiger charge is -2.35. The average molecular weight is 353 g/mol. The highest BCUT2D eigenvalue weighted by Gasteiger charge is 2.25. The fourth-order valence-electron chi connectivity index (χ4n) is 2.68. The molecule has 2 N–H and O–H groups in total. The Bertz CT molecular complexity index is 593. The van der Waals surface area contributed by atoms with Crippen LogP contribution in [0.25, 0.3) is 0 Å². The van der Waals surface area contributed by atoms with Crippen molar-refractivity contribution in [2.24, 2.45) is 0 Å². The first kappa shape index (κ1) is 17.9. The van der Waals surface area contributed by atoms with Gasteiger partial charge in [0.25, 0.3) is 0 Å². The van der Waals surface area contributed by atoms with E-state index in [1.807, 2.05) is 29.8 Å². The number of nitrogens with zero attached hydrogens (tertiary/aromatic N) is 2. The van der Waals surface area contributed by atoms with Crippen LogP contribution in [0.4, 0.5) is 0 Å². The van der Waals surface area contributed by atoms with Gasteiger partial charge < -0.3 is 10.6 Å². The van der Waals surface area contributed by atoms with Gasteiger partial charge in [-0.25, -0.2) is 0 Å². The zero-order chi connectivity index (χ0) is 15.2. The maximum atomic E-state index is 12.2. The molecule has 2 aromatic rings. The molecular weight excluding hydrogens is 332 g/mol. The zero-order valence-electron chi connectivity index (χ0n) is 12.8.